The molecule has 0 bridgehead atoms. The lowest BCUT2D eigenvalue weighted by Gasteiger charge is -2.30. The fraction of sp³-hybridized carbons (Fsp3) is 0.727. The highest BCUT2D eigenvalue weighted by molar-refractivity contribution is 7.89. The molecule has 6 nitrogen and oxygen atoms in total. The van der Waals surface area contributed by atoms with E-state index >= 15 is 0 Å². The first-order chi connectivity index (χ1) is 8.45. The number of nitrogens with zero attached hydrogens (tertiary/aromatic N) is 3. The van der Waals surface area contributed by atoms with Gasteiger partial charge in [0.05, 0.1) is 0 Å². The molecule has 18 heavy (non-hydrogen) atoms. The van der Waals surface area contributed by atoms with Crippen molar-refractivity contribution in [1.29, 1.82) is 0 Å². The normalized spacial score (nSPS) is 19.3. The van der Waals surface area contributed by atoms with Gasteiger partial charge in [-0.2, -0.15) is 4.31 Å². The number of hydrogen-bond donors (Lipinski definition) is 1. The van der Waals surface area contributed by atoms with Gasteiger partial charge in [-0.3, -0.25) is 0 Å². The van der Waals surface area contributed by atoms with E-state index in [-0.39, 0.29) is 5.03 Å². The summed E-state index contributed by atoms with van der Waals surface area (Å²) < 4.78 is 28.0. The van der Waals surface area contributed by atoms with Crippen LogP contribution in [0.3, 0.4) is 0 Å². The zero-order valence-electron chi connectivity index (χ0n) is 11.0. The van der Waals surface area contributed by atoms with Crippen LogP contribution in [0.15, 0.2) is 11.2 Å². The van der Waals surface area contributed by atoms with Gasteiger partial charge in [0, 0.05) is 32.4 Å². The maximum atomic E-state index is 12.4. The van der Waals surface area contributed by atoms with Crippen molar-refractivity contribution in [3.8, 4) is 0 Å². The summed E-state index contributed by atoms with van der Waals surface area (Å²) >= 11 is 0. The lowest BCUT2D eigenvalue weighted by Crippen LogP contribution is -2.43. The van der Waals surface area contributed by atoms with Crippen molar-refractivity contribution in [2.75, 3.05) is 20.1 Å². The van der Waals surface area contributed by atoms with Crippen LogP contribution in [0, 0.1) is 6.92 Å². The van der Waals surface area contributed by atoms with E-state index in [1.165, 1.54) is 4.31 Å². The van der Waals surface area contributed by atoms with E-state index in [0.29, 0.717) is 25.0 Å². The quantitative estimate of drug-likeness (QED) is 0.847. The Labute approximate surface area is 108 Å². The molecule has 0 radical (unpaired) electrons. The molecule has 0 saturated carbocycles. The van der Waals surface area contributed by atoms with Gasteiger partial charge in [-0.15, -0.1) is 0 Å². The summed E-state index contributed by atoms with van der Waals surface area (Å²) in [5.41, 5.74) is 0. The Hall–Kier alpha value is -0.920. The van der Waals surface area contributed by atoms with Gasteiger partial charge in [0.15, 0.2) is 5.03 Å². The lowest BCUT2D eigenvalue weighted by atomic mass is 10.1. The highest BCUT2D eigenvalue weighted by atomic mass is 32.2. The van der Waals surface area contributed by atoms with E-state index in [9.17, 15) is 8.42 Å². The first kappa shape index (κ1) is 13.5. The van der Waals surface area contributed by atoms with Crippen LogP contribution in [0.4, 0.5) is 0 Å². The summed E-state index contributed by atoms with van der Waals surface area (Å²) in [6, 6.07) is 0.418. The average Bonchev–Trinajstić information content (AvgIpc) is 2.70. The second-order valence-electron chi connectivity index (χ2n) is 4.70. The Morgan fingerprint density at radius 1 is 1.39 bits per heavy atom. The summed E-state index contributed by atoms with van der Waals surface area (Å²) in [5, 5.41) is 3.35. The molecule has 102 valence electrons. The van der Waals surface area contributed by atoms with Gasteiger partial charge < -0.3 is 9.88 Å². The van der Waals surface area contributed by atoms with Gasteiger partial charge in [-0.05, 0) is 26.8 Å². The van der Waals surface area contributed by atoms with E-state index in [1.807, 2.05) is 7.05 Å². The molecule has 1 aliphatic rings. The van der Waals surface area contributed by atoms with Crippen molar-refractivity contribution in [2.24, 2.45) is 7.05 Å². The van der Waals surface area contributed by atoms with E-state index < -0.39 is 10.0 Å². The largest absolute Gasteiger partial charge is 0.337 e. The van der Waals surface area contributed by atoms with Crippen LogP contribution >= 0.6 is 0 Å². The number of piperidine rings is 1. The van der Waals surface area contributed by atoms with Gasteiger partial charge in [0.1, 0.15) is 5.82 Å². The number of imidazole rings is 1. The molecule has 1 aliphatic heterocycles. The molecule has 7 heteroatoms. The van der Waals surface area contributed by atoms with Crippen LogP contribution in [-0.4, -0.2) is 48.5 Å². The minimum absolute atomic E-state index is 0.158. The molecule has 1 N–H and O–H groups in total. The minimum atomic E-state index is -3.42. The van der Waals surface area contributed by atoms with Crippen LogP contribution < -0.4 is 5.32 Å². The molecule has 1 aromatic heterocycles. The van der Waals surface area contributed by atoms with Crippen molar-refractivity contribution in [3.05, 3.63) is 12.0 Å². The fourth-order valence-corrected chi connectivity index (χ4v) is 3.66. The molecular weight excluding hydrogens is 252 g/mol. The summed E-state index contributed by atoms with van der Waals surface area (Å²) in [4.78, 5) is 4.11. The predicted molar refractivity (Wildman–Crippen MR) is 68.8 cm³/mol. The topological polar surface area (TPSA) is 67.2 Å². The Bertz CT molecular complexity index is 496. The Morgan fingerprint density at radius 3 is 2.44 bits per heavy atom. The van der Waals surface area contributed by atoms with Crippen molar-refractivity contribution in [3.63, 3.8) is 0 Å². The first-order valence-corrected chi connectivity index (χ1v) is 7.56. The minimum Gasteiger partial charge on any atom is -0.337 e. The molecule has 1 saturated heterocycles. The summed E-state index contributed by atoms with van der Waals surface area (Å²) in [6.07, 6.45) is 3.28. The van der Waals surface area contributed by atoms with Crippen LogP contribution in [0.25, 0.3) is 0 Å². The second kappa shape index (κ2) is 4.99. The third-order valence-corrected chi connectivity index (χ3v) is 5.32. The van der Waals surface area contributed by atoms with Crippen LogP contribution in [0.1, 0.15) is 18.7 Å². The molecule has 2 rings (SSSR count). The molecule has 0 unspecified atom stereocenters. The Kier molecular flexibility index (Phi) is 3.74. The lowest BCUT2D eigenvalue weighted by molar-refractivity contribution is 0.298. The summed E-state index contributed by atoms with van der Waals surface area (Å²) in [7, 11) is 0.292. The van der Waals surface area contributed by atoms with E-state index in [1.54, 1.807) is 24.7 Å². The number of sulfonamides is 1. The molecule has 0 spiro atoms. The monoisotopic (exact) mass is 272 g/mol. The molecule has 1 fully saturated rings. The molecule has 2 heterocycles. The zero-order chi connectivity index (χ0) is 13.3. The zero-order valence-corrected chi connectivity index (χ0v) is 11.9. The van der Waals surface area contributed by atoms with Crippen molar-refractivity contribution in [2.45, 2.75) is 30.8 Å². The van der Waals surface area contributed by atoms with Gasteiger partial charge in [-0.25, -0.2) is 13.4 Å². The molecule has 0 aromatic carbocycles. The standard InChI is InChI=1S/C11H20N4O2S/c1-9-13-11(8-14(9)3)18(16,17)15-6-4-10(12-2)5-7-15/h8,10,12H,4-7H2,1-3H3. The van der Waals surface area contributed by atoms with E-state index in [4.69, 9.17) is 0 Å². The van der Waals surface area contributed by atoms with E-state index in [0.717, 1.165) is 12.8 Å². The van der Waals surface area contributed by atoms with Gasteiger partial charge in [0.2, 0.25) is 0 Å². The van der Waals surface area contributed by atoms with Crippen LogP contribution in [0.2, 0.25) is 0 Å². The third-order valence-electron chi connectivity index (χ3n) is 3.55. The Morgan fingerprint density at radius 2 is 2.00 bits per heavy atom. The summed E-state index contributed by atoms with van der Waals surface area (Å²) in [5.74, 6) is 0.707. The van der Waals surface area contributed by atoms with Gasteiger partial charge in [0.25, 0.3) is 10.0 Å². The van der Waals surface area contributed by atoms with Crippen LogP contribution in [0.5, 0.6) is 0 Å². The highest BCUT2D eigenvalue weighted by Gasteiger charge is 2.30. The fourth-order valence-electron chi connectivity index (χ4n) is 2.17. The smallest absolute Gasteiger partial charge is 0.262 e. The molecule has 1 aromatic rings. The Balaban J connectivity index is 2.17. The van der Waals surface area contributed by atoms with Crippen molar-refractivity contribution < 1.29 is 8.42 Å². The number of nitrogens with one attached hydrogen (secondary N) is 1. The summed E-state index contributed by atoms with van der Waals surface area (Å²) in [6.45, 7) is 2.92. The molecule has 0 atom stereocenters. The molecular formula is C11H20N4O2S. The average molecular weight is 272 g/mol. The molecule has 0 aliphatic carbocycles. The third kappa shape index (κ3) is 2.43. The number of aryl methyl sites for hydroxylation is 2. The highest BCUT2D eigenvalue weighted by Crippen LogP contribution is 2.19. The van der Waals surface area contributed by atoms with Gasteiger partial charge in [-0.1, -0.05) is 0 Å². The van der Waals surface area contributed by atoms with Crippen molar-refractivity contribution in [1.82, 2.24) is 19.2 Å². The molecule has 0 amide bonds. The van der Waals surface area contributed by atoms with E-state index in [2.05, 4.69) is 10.3 Å². The maximum Gasteiger partial charge on any atom is 0.262 e. The van der Waals surface area contributed by atoms with Gasteiger partial charge >= 0.3 is 0 Å². The van der Waals surface area contributed by atoms with Crippen molar-refractivity contribution >= 4 is 10.0 Å². The van der Waals surface area contributed by atoms with Crippen LogP contribution in [-0.2, 0) is 17.1 Å². The number of aromatic nitrogens is 2. The number of hydrogen-bond acceptors (Lipinski definition) is 4. The first-order valence-electron chi connectivity index (χ1n) is 6.12. The SMILES string of the molecule is CNC1CCN(S(=O)(=O)c2cn(C)c(C)n2)CC1. The second-order valence-corrected chi connectivity index (χ2v) is 6.59. The predicted octanol–water partition coefficient (Wildman–Crippen LogP) is 0.101. The maximum absolute atomic E-state index is 12.4. The number of rotatable bonds is 3.